The van der Waals surface area contributed by atoms with Crippen LogP contribution in [0.3, 0.4) is 0 Å². The van der Waals surface area contributed by atoms with E-state index in [4.69, 9.17) is 0 Å². The smallest absolute Gasteiger partial charge is 0.236 e. The number of carbonyl (C=O) groups is 1. The van der Waals surface area contributed by atoms with Crippen LogP contribution in [0.4, 0.5) is 4.39 Å². The lowest BCUT2D eigenvalue weighted by Crippen LogP contribution is -2.45. The molecule has 0 radical (unpaired) electrons. The van der Waals surface area contributed by atoms with Crippen molar-refractivity contribution in [2.24, 2.45) is 0 Å². The molecule has 1 fully saturated rings. The third kappa shape index (κ3) is 3.34. The highest BCUT2D eigenvalue weighted by atomic mass is 32.1. The second kappa shape index (κ2) is 5.59. The molecule has 5 heteroatoms. The summed E-state index contributed by atoms with van der Waals surface area (Å²) in [4.78, 5) is 13.8. The number of nitrogens with one attached hydrogen (secondary N) is 1. The average molecular weight is 284 g/mol. The van der Waals surface area contributed by atoms with E-state index in [9.17, 15) is 9.18 Å². The first-order valence-electron chi connectivity index (χ1n) is 6.61. The Morgan fingerprint density at radius 2 is 2.37 bits per heavy atom. The standard InChI is InChI=1S/C14H21FN2OS/c1-10-6-12(15)8-17(10)13(18)7-16-14(2,3)11-4-5-19-9-11/h4-5,9-10,12,16H,6-8H2,1-3H3/t10-,12+/m1/s1. The van der Waals surface area contributed by atoms with Crippen molar-refractivity contribution in [1.82, 2.24) is 10.2 Å². The molecule has 2 rings (SSSR count). The summed E-state index contributed by atoms with van der Waals surface area (Å²) >= 11 is 1.64. The van der Waals surface area contributed by atoms with Crippen LogP contribution in [0.1, 0.15) is 32.8 Å². The fourth-order valence-corrected chi connectivity index (χ4v) is 3.26. The van der Waals surface area contributed by atoms with Gasteiger partial charge in [0.1, 0.15) is 6.17 Å². The summed E-state index contributed by atoms with van der Waals surface area (Å²) in [7, 11) is 0. The molecule has 1 aromatic heterocycles. The van der Waals surface area contributed by atoms with Gasteiger partial charge in [-0.3, -0.25) is 10.1 Å². The van der Waals surface area contributed by atoms with E-state index in [0.717, 1.165) is 0 Å². The van der Waals surface area contributed by atoms with E-state index in [1.165, 1.54) is 5.56 Å². The number of hydrogen-bond donors (Lipinski definition) is 1. The van der Waals surface area contributed by atoms with Crippen LogP contribution in [0.25, 0.3) is 0 Å². The van der Waals surface area contributed by atoms with Crippen molar-refractivity contribution in [2.45, 2.75) is 44.9 Å². The lowest BCUT2D eigenvalue weighted by molar-refractivity contribution is -0.131. The van der Waals surface area contributed by atoms with Crippen LogP contribution in [0.15, 0.2) is 16.8 Å². The topological polar surface area (TPSA) is 32.3 Å². The molecule has 0 spiro atoms. The Kier molecular flexibility index (Phi) is 4.26. The maximum atomic E-state index is 13.3. The van der Waals surface area contributed by atoms with Crippen molar-refractivity contribution in [1.29, 1.82) is 0 Å². The van der Waals surface area contributed by atoms with Gasteiger partial charge in [-0.25, -0.2) is 4.39 Å². The fraction of sp³-hybridized carbons (Fsp3) is 0.643. The quantitative estimate of drug-likeness (QED) is 0.921. The number of amides is 1. The summed E-state index contributed by atoms with van der Waals surface area (Å²) < 4.78 is 13.3. The van der Waals surface area contributed by atoms with Crippen LogP contribution >= 0.6 is 11.3 Å². The number of likely N-dealkylation sites (tertiary alicyclic amines) is 1. The van der Waals surface area contributed by atoms with Crippen LogP contribution in [0.2, 0.25) is 0 Å². The van der Waals surface area contributed by atoms with Crippen molar-refractivity contribution in [3.05, 3.63) is 22.4 Å². The van der Waals surface area contributed by atoms with Gasteiger partial charge in [0, 0.05) is 18.0 Å². The highest BCUT2D eigenvalue weighted by Gasteiger charge is 2.32. The first kappa shape index (κ1) is 14.5. The van der Waals surface area contributed by atoms with E-state index in [1.54, 1.807) is 16.2 Å². The lowest BCUT2D eigenvalue weighted by atomic mass is 9.97. The predicted octanol–water partition coefficient (Wildman–Crippen LogP) is 2.53. The fourth-order valence-electron chi connectivity index (χ4n) is 2.43. The van der Waals surface area contributed by atoms with Gasteiger partial charge in [-0.1, -0.05) is 0 Å². The van der Waals surface area contributed by atoms with Crippen molar-refractivity contribution >= 4 is 17.2 Å². The molecule has 1 amide bonds. The predicted molar refractivity (Wildman–Crippen MR) is 76.0 cm³/mol. The number of thiophene rings is 1. The Balaban J connectivity index is 1.90. The van der Waals surface area contributed by atoms with Crippen molar-refractivity contribution in [3.8, 4) is 0 Å². The minimum absolute atomic E-state index is 0.00793. The molecule has 1 aliphatic heterocycles. The largest absolute Gasteiger partial charge is 0.336 e. The monoisotopic (exact) mass is 284 g/mol. The molecule has 1 aromatic rings. The minimum atomic E-state index is -0.871. The highest BCUT2D eigenvalue weighted by Crippen LogP contribution is 2.23. The molecule has 2 heterocycles. The maximum Gasteiger partial charge on any atom is 0.236 e. The molecule has 0 bridgehead atoms. The zero-order valence-corrected chi connectivity index (χ0v) is 12.5. The zero-order valence-electron chi connectivity index (χ0n) is 11.6. The Morgan fingerprint density at radius 1 is 1.63 bits per heavy atom. The van der Waals surface area contributed by atoms with Crippen molar-refractivity contribution in [3.63, 3.8) is 0 Å². The van der Waals surface area contributed by atoms with E-state index < -0.39 is 6.17 Å². The summed E-state index contributed by atoms with van der Waals surface area (Å²) in [6.45, 7) is 6.49. The van der Waals surface area contributed by atoms with Gasteiger partial charge in [0.05, 0.1) is 13.1 Å². The van der Waals surface area contributed by atoms with E-state index >= 15 is 0 Å². The Bertz CT molecular complexity index is 433. The summed E-state index contributed by atoms with van der Waals surface area (Å²) in [6, 6.07) is 2.06. The third-order valence-electron chi connectivity index (χ3n) is 3.77. The number of rotatable bonds is 4. The molecular formula is C14H21FN2OS. The Morgan fingerprint density at radius 3 is 2.89 bits per heavy atom. The Hall–Kier alpha value is -0.940. The first-order chi connectivity index (χ1) is 8.90. The SMILES string of the molecule is C[C@@H]1C[C@H](F)CN1C(=O)CNC(C)(C)c1ccsc1. The molecule has 19 heavy (non-hydrogen) atoms. The van der Waals surface area contributed by atoms with Gasteiger partial charge < -0.3 is 4.90 Å². The summed E-state index contributed by atoms with van der Waals surface area (Å²) in [5.74, 6) is -0.0176. The van der Waals surface area contributed by atoms with E-state index in [1.807, 2.05) is 26.2 Å². The van der Waals surface area contributed by atoms with Gasteiger partial charge in [0.2, 0.25) is 5.91 Å². The van der Waals surface area contributed by atoms with Crippen molar-refractivity contribution in [2.75, 3.05) is 13.1 Å². The van der Waals surface area contributed by atoms with Gasteiger partial charge in [-0.15, -0.1) is 0 Å². The van der Waals surface area contributed by atoms with Gasteiger partial charge in [0.25, 0.3) is 0 Å². The molecule has 3 nitrogen and oxygen atoms in total. The number of nitrogens with zero attached hydrogens (tertiary/aromatic N) is 1. The molecule has 0 aromatic carbocycles. The summed E-state index contributed by atoms with van der Waals surface area (Å²) in [6.07, 6.45) is -0.413. The molecule has 1 saturated heterocycles. The van der Waals surface area contributed by atoms with Crippen LogP contribution in [-0.4, -0.2) is 36.1 Å². The first-order valence-corrected chi connectivity index (χ1v) is 7.55. The van der Waals surface area contributed by atoms with Crippen LogP contribution in [0.5, 0.6) is 0 Å². The van der Waals surface area contributed by atoms with E-state index in [-0.39, 0.29) is 30.6 Å². The average Bonchev–Trinajstić information content (AvgIpc) is 2.96. The molecule has 0 saturated carbocycles. The normalized spacial score (nSPS) is 23.9. The van der Waals surface area contributed by atoms with Gasteiger partial charge in [-0.05, 0) is 43.2 Å². The van der Waals surface area contributed by atoms with Gasteiger partial charge >= 0.3 is 0 Å². The molecule has 1 aliphatic rings. The summed E-state index contributed by atoms with van der Waals surface area (Å²) in [5, 5.41) is 7.37. The number of alkyl halides is 1. The molecule has 2 atom stereocenters. The molecule has 0 aliphatic carbocycles. The molecular weight excluding hydrogens is 263 g/mol. The molecule has 106 valence electrons. The van der Waals surface area contributed by atoms with Crippen LogP contribution in [0, 0.1) is 0 Å². The van der Waals surface area contributed by atoms with Crippen molar-refractivity contribution < 1.29 is 9.18 Å². The highest BCUT2D eigenvalue weighted by molar-refractivity contribution is 7.08. The van der Waals surface area contributed by atoms with E-state index in [2.05, 4.69) is 16.8 Å². The van der Waals surface area contributed by atoms with E-state index in [0.29, 0.717) is 6.42 Å². The maximum absolute atomic E-state index is 13.3. The van der Waals surface area contributed by atoms with Gasteiger partial charge in [-0.2, -0.15) is 11.3 Å². The second-order valence-corrected chi connectivity index (χ2v) is 6.50. The summed E-state index contributed by atoms with van der Waals surface area (Å²) in [5.41, 5.74) is 0.927. The van der Waals surface area contributed by atoms with Crippen LogP contribution < -0.4 is 5.32 Å². The minimum Gasteiger partial charge on any atom is -0.336 e. The Labute approximate surface area is 117 Å². The molecule has 1 N–H and O–H groups in total. The second-order valence-electron chi connectivity index (χ2n) is 5.72. The number of halogens is 1. The third-order valence-corrected chi connectivity index (χ3v) is 4.45. The molecule has 0 unspecified atom stereocenters. The van der Waals surface area contributed by atoms with Crippen LogP contribution in [-0.2, 0) is 10.3 Å². The lowest BCUT2D eigenvalue weighted by Gasteiger charge is -2.28. The zero-order chi connectivity index (χ0) is 14.0. The van der Waals surface area contributed by atoms with Gasteiger partial charge in [0.15, 0.2) is 0 Å². The number of carbonyl (C=O) groups excluding carboxylic acids is 1. The number of hydrogen-bond acceptors (Lipinski definition) is 3.